The zero-order chi connectivity index (χ0) is 12.5. The molecule has 1 amide bonds. The van der Waals surface area contributed by atoms with Crippen molar-refractivity contribution in [3.8, 4) is 0 Å². The van der Waals surface area contributed by atoms with Crippen molar-refractivity contribution in [1.82, 2.24) is 4.90 Å². The van der Waals surface area contributed by atoms with Crippen LogP contribution in [-0.2, 0) is 9.53 Å². The molecule has 0 spiro atoms. The van der Waals surface area contributed by atoms with Crippen LogP contribution in [0.1, 0.15) is 24.9 Å². The van der Waals surface area contributed by atoms with Gasteiger partial charge in [-0.15, -0.1) is 0 Å². The third-order valence-electron chi connectivity index (χ3n) is 4.26. The second-order valence-electron chi connectivity index (χ2n) is 5.31. The highest BCUT2D eigenvalue weighted by Crippen LogP contribution is 2.35. The third-order valence-corrected chi connectivity index (χ3v) is 4.26. The van der Waals surface area contributed by atoms with E-state index in [0.717, 1.165) is 26.2 Å². The molecule has 3 heteroatoms. The summed E-state index contributed by atoms with van der Waals surface area (Å²) in [6.45, 7) is 4.44. The lowest BCUT2D eigenvalue weighted by molar-refractivity contribution is -0.134. The van der Waals surface area contributed by atoms with Gasteiger partial charge < -0.3 is 9.64 Å². The fourth-order valence-electron chi connectivity index (χ4n) is 3.12. The maximum atomic E-state index is 12.4. The van der Waals surface area contributed by atoms with E-state index in [0.29, 0.717) is 11.8 Å². The van der Waals surface area contributed by atoms with E-state index in [9.17, 15) is 4.79 Å². The van der Waals surface area contributed by atoms with Crippen LogP contribution < -0.4 is 0 Å². The summed E-state index contributed by atoms with van der Waals surface area (Å²) in [5.74, 6) is 0.918. The quantitative estimate of drug-likeness (QED) is 0.799. The molecule has 1 aromatic rings. The number of fused-ring (bicyclic) bond motifs is 1. The summed E-state index contributed by atoms with van der Waals surface area (Å²) >= 11 is 0. The summed E-state index contributed by atoms with van der Waals surface area (Å²) in [4.78, 5) is 14.5. The molecule has 0 bridgehead atoms. The standard InChI is InChI=1S/C15H19NO2/c1-11(12-5-3-2-4-6-12)16-9-13-10-18-8-7-14(13)15(16)17/h2-6,11,13-14H,7-10H2,1H3/t11?,13?,14-/m1/s1. The summed E-state index contributed by atoms with van der Waals surface area (Å²) in [5.41, 5.74) is 1.21. The van der Waals surface area contributed by atoms with Crippen LogP contribution in [0.5, 0.6) is 0 Å². The number of benzene rings is 1. The highest BCUT2D eigenvalue weighted by atomic mass is 16.5. The SMILES string of the molecule is CC(c1ccccc1)N1CC2COCC[C@H]2C1=O. The van der Waals surface area contributed by atoms with Crippen molar-refractivity contribution >= 4 is 5.91 Å². The van der Waals surface area contributed by atoms with E-state index >= 15 is 0 Å². The number of hydrogen-bond acceptors (Lipinski definition) is 2. The van der Waals surface area contributed by atoms with Crippen molar-refractivity contribution in [1.29, 1.82) is 0 Å². The molecule has 0 aliphatic carbocycles. The van der Waals surface area contributed by atoms with E-state index in [1.807, 2.05) is 23.1 Å². The van der Waals surface area contributed by atoms with Gasteiger partial charge in [-0.05, 0) is 18.9 Å². The minimum absolute atomic E-state index is 0.171. The smallest absolute Gasteiger partial charge is 0.226 e. The van der Waals surface area contributed by atoms with Crippen LogP contribution >= 0.6 is 0 Å². The first-order valence-corrected chi connectivity index (χ1v) is 6.70. The van der Waals surface area contributed by atoms with Crippen LogP contribution in [0.15, 0.2) is 30.3 Å². The number of carbonyl (C=O) groups is 1. The lowest BCUT2D eigenvalue weighted by Crippen LogP contribution is -2.30. The minimum Gasteiger partial charge on any atom is -0.381 e. The second kappa shape index (κ2) is 4.73. The average Bonchev–Trinajstić information content (AvgIpc) is 2.77. The van der Waals surface area contributed by atoms with Gasteiger partial charge in [-0.3, -0.25) is 4.79 Å². The van der Waals surface area contributed by atoms with Crippen LogP contribution in [0.3, 0.4) is 0 Å². The van der Waals surface area contributed by atoms with Crippen LogP contribution in [0.4, 0.5) is 0 Å². The predicted molar refractivity (Wildman–Crippen MR) is 69.0 cm³/mol. The van der Waals surface area contributed by atoms with E-state index in [2.05, 4.69) is 19.1 Å². The fourth-order valence-corrected chi connectivity index (χ4v) is 3.12. The molecule has 2 aliphatic rings. The molecule has 2 aliphatic heterocycles. The summed E-state index contributed by atoms with van der Waals surface area (Å²) in [6.07, 6.45) is 0.890. The Morgan fingerprint density at radius 2 is 2.11 bits per heavy atom. The number of hydrogen-bond donors (Lipinski definition) is 0. The Kier molecular flexibility index (Phi) is 3.08. The molecule has 0 saturated carbocycles. The van der Waals surface area contributed by atoms with Gasteiger partial charge in [0.15, 0.2) is 0 Å². The topological polar surface area (TPSA) is 29.5 Å². The Morgan fingerprint density at radius 3 is 2.83 bits per heavy atom. The minimum atomic E-state index is 0.171. The molecule has 18 heavy (non-hydrogen) atoms. The Balaban J connectivity index is 1.79. The predicted octanol–water partition coefficient (Wildman–Crippen LogP) is 2.24. The highest BCUT2D eigenvalue weighted by molar-refractivity contribution is 5.82. The summed E-state index contributed by atoms with van der Waals surface area (Å²) in [5, 5.41) is 0. The van der Waals surface area contributed by atoms with Crippen molar-refractivity contribution in [2.75, 3.05) is 19.8 Å². The molecular weight excluding hydrogens is 226 g/mol. The van der Waals surface area contributed by atoms with Gasteiger partial charge in [-0.1, -0.05) is 30.3 Å². The van der Waals surface area contributed by atoms with E-state index in [4.69, 9.17) is 4.74 Å². The third kappa shape index (κ3) is 1.93. The number of rotatable bonds is 2. The van der Waals surface area contributed by atoms with Crippen molar-refractivity contribution < 1.29 is 9.53 Å². The average molecular weight is 245 g/mol. The summed E-state index contributed by atoms with van der Waals surface area (Å²) in [7, 11) is 0. The van der Waals surface area contributed by atoms with Crippen LogP contribution in [-0.4, -0.2) is 30.6 Å². The number of likely N-dealkylation sites (tertiary alicyclic amines) is 1. The Hall–Kier alpha value is -1.35. The number of ether oxygens (including phenoxy) is 1. The van der Waals surface area contributed by atoms with Gasteiger partial charge in [0, 0.05) is 25.0 Å². The molecule has 96 valence electrons. The maximum absolute atomic E-state index is 12.4. The van der Waals surface area contributed by atoms with Crippen molar-refractivity contribution in [2.24, 2.45) is 11.8 Å². The number of amides is 1. The Labute approximate surface area is 108 Å². The lowest BCUT2D eigenvalue weighted by atomic mass is 9.92. The van der Waals surface area contributed by atoms with Gasteiger partial charge >= 0.3 is 0 Å². The van der Waals surface area contributed by atoms with Gasteiger partial charge in [0.25, 0.3) is 0 Å². The first-order chi connectivity index (χ1) is 8.77. The zero-order valence-corrected chi connectivity index (χ0v) is 10.7. The van der Waals surface area contributed by atoms with Crippen LogP contribution in [0.2, 0.25) is 0 Å². The maximum Gasteiger partial charge on any atom is 0.226 e. The van der Waals surface area contributed by atoms with Crippen LogP contribution in [0, 0.1) is 11.8 Å². The van der Waals surface area contributed by atoms with Crippen molar-refractivity contribution in [3.05, 3.63) is 35.9 Å². The lowest BCUT2D eigenvalue weighted by Gasteiger charge is -2.25. The zero-order valence-electron chi connectivity index (χ0n) is 10.7. The first-order valence-electron chi connectivity index (χ1n) is 6.70. The van der Waals surface area contributed by atoms with Gasteiger partial charge in [0.05, 0.1) is 12.6 Å². The van der Waals surface area contributed by atoms with E-state index in [1.54, 1.807) is 0 Å². The molecule has 0 radical (unpaired) electrons. The number of carbonyl (C=O) groups excluding carboxylic acids is 1. The first kappa shape index (κ1) is 11.7. The van der Waals surface area contributed by atoms with Crippen molar-refractivity contribution in [2.45, 2.75) is 19.4 Å². The van der Waals surface area contributed by atoms with E-state index in [1.165, 1.54) is 5.56 Å². The summed E-state index contributed by atoms with van der Waals surface area (Å²) < 4.78 is 5.49. The molecule has 1 aromatic carbocycles. The molecule has 3 rings (SSSR count). The molecule has 2 unspecified atom stereocenters. The van der Waals surface area contributed by atoms with Gasteiger partial charge in [0.2, 0.25) is 5.91 Å². The molecule has 0 N–H and O–H groups in total. The normalized spacial score (nSPS) is 29.2. The van der Waals surface area contributed by atoms with E-state index < -0.39 is 0 Å². The monoisotopic (exact) mass is 245 g/mol. The van der Waals surface area contributed by atoms with Gasteiger partial charge in [-0.25, -0.2) is 0 Å². The molecule has 3 atom stereocenters. The fraction of sp³-hybridized carbons (Fsp3) is 0.533. The molecular formula is C15H19NO2. The number of nitrogens with zero attached hydrogens (tertiary/aromatic N) is 1. The van der Waals surface area contributed by atoms with Gasteiger partial charge in [-0.2, -0.15) is 0 Å². The second-order valence-corrected chi connectivity index (χ2v) is 5.31. The van der Waals surface area contributed by atoms with Gasteiger partial charge in [0.1, 0.15) is 0 Å². The Morgan fingerprint density at radius 1 is 1.33 bits per heavy atom. The van der Waals surface area contributed by atoms with E-state index in [-0.39, 0.29) is 12.0 Å². The van der Waals surface area contributed by atoms with Crippen LogP contribution in [0.25, 0.3) is 0 Å². The Bertz CT molecular complexity index is 431. The molecule has 2 heterocycles. The molecule has 3 nitrogen and oxygen atoms in total. The summed E-state index contributed by atoms with van der Waals surface area (Å²) in [6, 6.07) is 10.4. The molecule has 2 saturated heterocycles. The van der Waals surface area contributed by atoms with Crippen molar-refractivity contribution in [3.63, 3.8) is 0 Å². The molecule has 2 fully saturated rings. The molecule has 0 aromatic heterocycles. The largest absolute Gasteiger partial charge is 0.381 e. The highest BCUT2D eigenvalue weighted by Gasteiger charge is 2.43.